The Labute approximate surface area is 111 Å². The second-order valence-electron chi connectivity index (χ2n) is 4.24. The van der Waals surface area contributed by atoms with E-state index < -0.39 is 0 Å². The third-order valence-electron chi connectivity index (χ3n) is 3.05. The van der Waals surface area contributed by atoms with Crippen molar-refractivity contribution in [3.8, 4) is 11.4 Å². The molecular weight excluding hydrogens is 238 g/mol. The van der Waals surface area contributed by atoms with Gasteiger partial charge in [0.25, 0.3) is 0 Å². The number of ether oxygens (including phenoxy) is 1. The zero-order valence-electron chi connectivity index (χ0n) is 10.7. The van der Waals surface area contributed by atoms with Crippen LogP contribution in [-0.4, -0.2) is 16.4 Å². The van der Waals surface area contributed by atoms with Gasteiger partial charge in [-0.3, -0.25) is 0 Å². The minimum absolute atomic E-state index is 0.591. The average molecular weight is 253 g/mol. The van der Waals surface area contributed by atoms with Gasteiger partial charge in [-0.25, -0.2) is 4.68 Å². The van der Waals surface area contributed by atoms with Crippen LogP contribution in [0, 0.1) is 0 Å². The van der Waals surface area contributed by atoms with Crippen molar-refractivity contribution in [1.82, 2.24) is 9.78 Å². The molecule has 0 unspecified atom stereocenters. The second kappa shape index (κ2) is 4.65. The number of nitrogens with zero attached hydrogens (tertiary/aromatic N) is 2. The fourth-order valence-corrected chi connectivity index (χ4v) is 2.16. The maximum absolute atomic E-state index is 6.17. The van der Waals surface area contributed by atoms with E-state index in [0.717, 1.165) is 16.6 Å². The smallest absolute Gasteiger partial charge is 0.144 e. The van der Waals surface area contributed by atoms with Crippen LogP contribution < -0.4 is 10.5 Å². The summed E-state index contributed by atoms with van der Waals surface area (Å²) in [5, 5.41) is 5.50. The van der Waals surface area contributed by atoms with Crippen LogP contribution in [0.5, 0.6) is 5.75 Å². The molecule has 0 amide bonds. The number of para-hydroxylation sites is 2. The number of benzene rings is 2. The van der Waals surface area contributed by atoms with Crippen molar-refractivity contribution < 1.29 is 4.74 Å². The van der Waals surface area contributed by atoms with E-state index in [-0.39, 0.29) is 0 Å². The van der Waals surface area contributed by atoms with E-state index in [1.807, 2.05) is 60.3 Å². The fraction of sp³-hybridized carbons (Fsp3) is 0.133. The van der Waals surface area contributed by atoms with E-state index in [4.69, 9.17) is 10.5 Å². The highest BCUT2D eigenvalue weighted by molar-refractivity contribution is 5.82. The molecule has 2 aromatic carbocycles. The zero-order chi connectivity index (χ0) is 13.2. The molecule has 4 heteroatoms. The zero-order valence-corrected chi connectivity index (χ0v) is 10.7. The second-order valence-corrected chi connectivity index (χ2v) is 4.24. The largest absolute Gasteiger partial charge is 0.492 e. The van der Waals surface area contributed by atoms with Crippen LogP contribution in [0.3, 0.4) is 0 Å². The monoisotopic (exact) mass is 253 g/mol. The lowest BCUT2D eigenvalue weighted by molar-refractivity contribution is 0.342. The quantitative estimate of drug-likeness (QED) is 0.730. The maximum atomic E-state index is 6.17. The Morgan fingerprint density at radius 2 is 2.00 bits per heavy atom. The molecule has 4 nitrogen and oxygen atoms in total. The van der Waals surface area contributed by atoms with Crippen LogP contribution in [0.4, 0.5) is 5.69 Å². The molecule has 96 valence electrons. The topological polar surface area (TPSA) is 53.1 Å². The number of hydrogen-bond donors (Lipinski definition) is 1. The van der Waals surface area contributed by atoms with Crippen molar-refractivity contribution in [3.05, 3.63) is 48.7 Å². The molecule has 19 heavy (non-hydrogen) atoms. The number of fused-ring (bicyclic) bond motifs is 1. The number of hydrogen-bond acceptors (Lipinski definition) is 3. The summed E-state index contributed by atoms with van der Waals surface area (Å²) in [6.45, 7) is 2.53. The van der Waals surface area contributed by atoms with Gasteiger partial charge < -0.3 is 10.5 Å². The van der Waals surface area contributed by atoms with Crippen molar-refractivity contribution in [2.24, 2.45) is 0 Å². The Balaban J connectivity index is 2.19. The lowest BCUT2D eigenvalue weighted by Crippen LogP contribution is -2.04. The molecule has 0 saturated heterocycles. The fourth-order valence-electron chi connectivity index (χ4n) is 2.16. The van der Waals surface area contributed by atoms with Gasteiger partial charge in [0.1, 0.15) is 11.4 Å². The van der Waals surface area contributed by atoms with E-state index in [1.165, 1.54) is 0 Å². The van der Waals surface area contributed by atoms with Crippen LogP contribution >= 0.6 is 0 Å². The molecule has 0 atom stereocenters. The average Bonchev–Trinajstić information content (AvgIpc) is 2.85. The Kier molecular flexibility index (Phi) is 2.83. The standard InChI is InChI=1S/C15H15N3O/c1-2-19-14-9-5-8-13(15(14)16)18-12-7-4-3-6-11(12)10-17-18/h3-10H,2,16H2,1H3. The predicted molar refractivity (Wildman–Crippen MR) is 76.7 cm³/mol. The Morgan fingerprint density at radius 1 is 1.16 bits per heavy atom. The minimum Gasteiger partial charge on any atom is -0.492 e. The van der Waals surface area contributed by atoms with Gasteiger partial charge in [0, 0.05) is 5.39 Å². The van der Waals surface area contributed by atoms with E-state index >= 15 is 0 Å². The summed E-state index contributed by atoms with van der Waals surface area (Å²) in [4.78, 5) is 0. The number of nitrogen functional groups attached to an aromatic ring is 1. The first-order valence-electron chi connectivity index (χ1n) is 6.25. The molecule has 3 aromatic rings. The first-order valence-corrected chi connectivity index (χ1v) is 6.25. The van der Waals surface area contributed by atoms with Crippen molar-refractivity contribution in [1.29, 1.82) is 0 Å². The third kappa shape index (κ3) is 1.91. The van der Waals surface area contributed by atoms with Gasteiger partial charge in [0.05, 0.1) is 24.0 Å². The van der Waals surface area contributed by atoms with E-state index in [0.29, 0.717) is 18.0 Å². The maximum Gasteiger partial charge on any atom is 0.144 e. The lowest BCUT2D eigenvalue weighted by atomic mass is 10.2. The Morgan fingerprint density at radius 3 is 2.84 bits per heavy atom. The van der Waals surface area contributed by atoms with Gasteiger partial charge in [-0.15, -0.1) is 0 Å². The van der Waals surface area contributed by atoms with Crippen LogP contribution in [-0.2, 0) is 0 Å². The molecule has 0 aliphatic rings. The van der Waals surface area contributed by atoms with E-state index in [2.05, 4.69) is 5.10 Å². The molecule has 0 saturated carbocycles. The van der Waals surface area contributed by atoms with Gasteiger partial charge in [-0.05, 0) is 25.1 Å². The summed E-state index contributed by atoms with van der Waals surface area (Å²) in [7, 11) is 0. The number of rotatable bonds is 3. The normalized spacial score (nSPS) is 10.8. The van der Waals surface area contributed by atoms with E-state index in [1.54, 1.807) is 0 Å². The highest BCUT2D eigenvalue weighted by Gasteiger charge is 2.10. The lowest BCUT2D eigenvalue weighted by Gasteiger charge is -2.11. The van der Waals surface area contributed by atoms with Gasteiger partial charge in [-0.1, -0.05) is 24.3 Å². The van der Waals surface area contributed by atoms with Crippen molar-refractivity contribution >= 4 is 16.6 Å². The molecule has 2 N–H and O–H groups in total. The highest BCUT2D eigenvalue weighted by Crippen LogP contribution is 2.29. The number of aromatic nitrogens is 2. The molecule has 0 spiro atoms. The van der Waals surface area contributed by atoms with Crippen molar-refractivity contribution in [2.45, 2.75) is 6.92 Å². The SMILES string of the molecule is CCOc1cccc(-n2ncc3ccccc32)c1N. The highest BCUT2D eigenvalue weighted by atomic mass is 16.5. The van der Waals surface area contributed by atoms with Gasteiger partial charge in [0.2, 0.25) is 0 Å². The molecule has 0 aliphatic heterocycles. The predicted octanol–water partition coefficient (Wildman–Crippen LogP) is 3.01. The summed E-state index contributed by atoms with van der Waals surface area (Å²) in [5.41, 5.74) is 8.65. The summed E-state index contributed by atoms with van der Waals surface area (Å²) in [5.74, 6) is 0.694. The molecule has 1 aromatic heterocycles. The molecular formula is C15H15N3O. The third-order valence-corrected chi connectivity index (χ3v) is 3.05. The van der Waals surface area contributed by atoms with Crippen LogP contribution in [0.2, 0.25) is 0 Å². The van der Waals surface area contributed by atoms with Gasteiger partial charge in [-0.2, -0.15) is 5.10 Å². The molecule has 1 heterocycles. The molecule has 0 radical (unpaired) electrons. The minimum atomic E-state index is 0.591. The van der Waals surface area contributed by atoms with Crippen LogP contribution in [0.25, 0.3) is 16.6 Å². The molecule has 0 bridgehead atoms. The molecule has 3 rings (SSSR count). The van der Waals surface area contributed by atoms with Gasteiger partial charge >= 0.3 is 0 Å². The van der Waals surface area contributed by atoms with Crippen molar-refractivity contribution in [3.63, 3.8) is 0 Å². The van der Waals surface area contributed by atoms with Crippen LogP contribution in [0.1, 0.15) is 6.92 Å². The Bertz CT molecular complexity index is 718. The number of anilines is 1. The summed E-state index contributed by atoms with van der Waals surface area (Å²) >= 11 is 0. The van der Waals surface area contributed by atoms with E-state index in [9.17, 15) is 0 Å². The number of nitrogens with two attached hydrogens (primary N) is 1. The summed E-state index contributed by atoms with van der Waals surface area (Å²) < 4.78 is 7.36. The summed E-state index contributed by atoms with van der Waals surface area (Å²) in [6, 6.07) is 13.8. The Hall–Kier alpha value is -2.49. The van der Waals surface area contributed by atoms with Gasteiger partial charge in [0.15, 0.2) is 0 Å². The molecule has 0 fully saturated rings. The first-order chi connectivity index (χ1) is 9.31. The molecule has 0 aliphatic carbocycles. The summed E-state index contributed by atoms with van der Waals surface area (Å²) in [6.07, 6.45) is 1.84. The van der Waals surface area contributed by atoms with Crippen LogP contribution in [0.15, 0.2) is 48.7 Å². The van der Waals surface area contributed by atoms with Crippen molar-refractivity contribution in [2.75, 3.05) is 12.3 Å². The first kappa shape index (κ1) is 11.6.